The van der Waals surface area contributed by atoms with Gasteiger partial charge in [0.05, 0.1) is 0 Å². The lowest BCUT2D eigenvalue weighted by Gasteiger charge is -2.28. The molecule has 0 bridgehead atoms. The zero-order valence-electron chi connectivity index (χ0n) is 10.9. The molecule has 3 nitrogen and oxygen atoms in total. The Morgan fingerprint density at radius 3 is 2.44 bits per heavy atom. The number of hydrogen-bond acceptors (Lipinski definition) is 2. The average Bonchev–Trinajstić information content (AvgIpc) is 2.41. The van der Waals surface area contributed by atoms with Crippen LogP contribution in [0.25, 0.3) is 0 Å². The summed E-state index contributed by atoms with van der Waals surface area (Å²) in [5.74, 6) is 0.738. The van der Waals surface area contributed by atoms with Gasteiger partial charge in [-0.2, -0.15) is 0 Å². The molecular weight excluding hydrogens is 224 g/mol. The summed E-state index contributed by atoms with van der Waals surface area (Å²) < 4.78 is 0. The van der Waals surface area contributed by atoms with Crippen LogP contribution in [0.5, 0.6) is 0 Å². The molecule has 1 aromatic carbocycles. The van der Waals surface area contributed by atoms with E-state index in [9.17, 15) is 4.79 Å². The highest BCUT2D eigenvalue weighted by molar-refractivity contribution is 5.83. The summed E-state index contributed by atoms with van der Waals surface area (Å²) in [6.07, 6.45) is 4.56. The Kier molecular flexibility index (Phi) is 4.37. The first-order valence-electron chi connectivity index (χ1n) is 6.77. The molecular formula is C15H22N2O. The number of carbonyl (C=O) groups is 1. The second kappa shape index (κ2) is 6.01. The number of rotatable bonds is 3. The van der Waals surface area contributed by atoms with E-state index in [0.29, 0.717) is 6.04 Å². The molecule has 0 aromatic heterocycles. The number of amides is 1. The van der Waals surface area contributed by atoms with Gasteiger partial charge >= 0.3 is 0 Å². The van der Waals surface area contributed by atoms with Gasteiger partial charge in [0, 0.05) is 6.04 Å². The third-order valence-electron chi connectivity index (χ3n) is 3.80. The molecule has 1 aliphatic carbocycles. The summed E-state index contributed by atoms with van der Waals surface area (Å²) in [6, 6.07) is 9.29. The molecule has 0 aliphatic heterocycles. The van der Waals surface area contributed by atoms with E-state index >= 15 is 0 Å². The van der Waals surface area contributed by atoms with Gasteiger partial charge in [0.25, 0.3) is 0 Å². The van der Waals surface area contributed by atoms with Crippen LogP contribution in [0.1, 0.15) is 44.2 Å². The molecule has 98 valence electrons. The van der Waals surface area contributed by atoms with E-state index in [1.54, 1.807) is 0 Å². The normalized spacial score (nSPS) is 25.4. The van der Waals surface area contributed by atoms with Crippen LogP contribution in [-0.2, 0) is 4.79 Å². The van der Waals surface area contributed by atoms with E-state index in [2.05, 4.69) is 12.2 Å². The summed E-state index contributed by atoms with van der Waals surface area (Å²) in [7, 11) is 0. The largest absolute Gasteiger partial charge is 0.352 e. The average molecular weight is 246 g/mol. The quantitative estimate of drug-likeness (QED) is 0.860. The molecule has 1 fully saturated rings. The number of hydrogen-bond donors (Lipinski definition) is 2. The molecule has 18 heavy (non-hydrogen) atoms. The molecule has 0 unspecified atom stereocenters. The Morgan fingerprint density at radius 1 is 1.22 bits per heavy atom. The predicted molar refractivity (Wildman–Crippen MR) is 72.9 cm³/mol. The van der Waals surface area contributed by atoms with Crippen LogP contribution in [-0.4, -0.2) is 11.9 Å². The number of nitrogens with two attached hydrogens (primary N) is 1. The second-order valence-electron chi connectivity index (χ2n) is 5.35. The minimum absolute atomic E-state index is 0.0549. The summed E-state index contributed by atoms with van der Waals surface area (Å²) in [5.41, 5.74) is 6.85. The molecule has 1 saturated carbocycles. The van der Waals surface area contributed by atoms with Crippen molar-refractivity contribution in [3.8, 4) is 0 Å². The third kappa shape index (κ3) is 3.33. The molecule has 0 saturated heterocycles. The van der Waals surface area contributed by atoms with Gasteiger partial charge in [0.2, 0.25) is 5.91 Å². The van der Waals surface area contributed by atoms with Gasteiger partial charge in [-0.3, -0.25) is 4.79 Å². The van der Waals surface area contributed by atoms with Gasteiger partial charge < -0.3 is 11.1 Å². The first-order chi connectivity index (χ1) is 8.66. The minimum Gasteiger partial charge on any atom is -0.352 e. The lowest BCUT2D eigenvalue weighted by Crippen LogP contribution is -2.42. The second-order valence-corrected chi connectivity index (χ2v) is 5.35. The zero-order valence-corrected chi connectivity index (χ0v) is 10.9. The summed E-state index contributed by atoms with van der Waals surface area (Å²) in [5, 5.41) is 3.07. The van der Waals surface area contributed by atoms with Crippen molar-refractivity contribution in [3.05, 3.63) is 35.9 Å². The van der Waals surface area contributed by atoms with Crippen LogP contribution < -0.4 is 11.1 Å². The molecule has 1 atom stereocenters. The predicted octanol–water partition coefficient (Wildman–Crippen LogP) is 2.38. The van der Waals surface area contributed by atoms with Gasteiger partial charge in [-0.25, -0.2) is 0 Å². The van der Waals surface area contributed by atoms with E-state index in [0.717, 1.165) is 24.3 Å². The highest BCUT2D eigenvalue weighted by Gasteiger charge is 2.22. The zero-order chi connectivity index (χ0) is 13.0. The van der Waals surface area contributed by atoms with E-state index in [4.69, 9.17) is 5.73 Å². The molecule has 3 N–H and O–H groups in total. The molecule has 2 rings (SSSR count). The van der Waals surface area contributed by atoms with Crippen LogP contribution >= 0.6 is 0 Å². The molecule has 3 heteroatoms. The fourth-order valence-electron chi connectivity index (χ4n) is 2.51. The molecule has 1 aliphatic rings. The van der Waals surface area contributed by atoms with Crippen LogP contribution in [0.2, 0.25) is 0 Å². The lowest BCUT2D eigenvalue weighted by molar-refractivity contribution is -0.123. The van der Waals surface area contributed by atoms with E-state index < -0.39 is 6.04 Å². The van der Waals surface area contributed by atoms with Crippen molar-refractivity contribution in [1.82, 2.24) is 5.32 Å². The Balaban J connectivity index is 1.88. The Labute approximate surface area is 109 Å². The fourth-order valence-corrected chi connectivity index (χ4v) is 2.51. The van der Waals surface area contributed by atoms with E-state index in [-0.39, 0.29) is 5.91 Å². The molecule has 1 amide bonds. The number of benzene rings is 1. The van der Waals surface area contributed by atoms with Crippen molar-refractivity contribution in [2.75, 3.05) is 0 Å². The topological polar surface area (TPSA) is 55.1 Å². The van der Waals surface area contributed by atoms with Crippen molar-refractivity contribution in [3.63, 3.8) is 0 Å². The standard InChI is InChI=1S/C15H22N2O/c1-11-7-9-13(10-8-11)17-15(18)14(16)12-5-3-2-4-6-12/h2-6,11,13-14H,7-10,16H2,1H3,(H,17,18)/t11?,13?,14-/m1/s1. The van der Waals surface area contributed by atoms with Crippen LogP contribution in [0, 0.1) is 5.92 Å². The van der Waals surface area contributed by atoms with Crippen molar-refractivity contribution in [2.45, 2.75) is 44.7 Å². The smallest absolute Gasteiger partial charge is 0.241 e. The maximum absolute atomic E-state index is 12.1. The Morgan fingerprint density at radius 2 is 1.83 bits per heavy atom. The number of nitrogens with one attached hydrogen (secondary N) is 1. The van der Waals surface area contributed by atoms with E-state index in [1.165, 1.54) is 12.8 Å². The summed E-state index contributed by atoms with van der Waals surface area (Å²) >= 11 is 0. The fraction of sp³-hybridized carbons (Fsp3) is 0.533. The van der Waals surface area contributed by atoms with E-state index in [1.807, 2.05) is 30.3 Å². The first-order valence-corrected chi connectivity index (χ1v) is 6.77. The van der Waals surface area contributed by atoms with Crippen molar-refractivity contribution >= 4 is 5.91 Å². The number of carbonyl (C=O) groups excluding carboxylic acids is 1. The van der Waals surface area contributed by atoms with Crippen molar-refractivity contribution in [1.29, 1.82) is 0 Å². The third-order valence-corrected chi connectivity index (χ3v) is 3.80. The van der Waals surface area contributed by atoms with Crippen LogP contribution in [0.15, 0.2) is 30.3 Å². The van der Waals surface area contributed by atoms with Gasteiger partial charge in [-0.15, -0.1) is 0 Å². The molecule has 0 radical (unpaired) electrons. The monoisotopic (exact) mass is 246 g/mol. The van der Waals surface area contributed by atoms with Crippen molar-refractivity contribution < 1.29 is 4.79 Å². The molecule has 0 spiro atoms. The highest BCUT2D eigenvalue weighted by atomic mass is 16.2. The highest BCUT2D eigenvalue weighted by Crippen LogP contribution is 2.23. The van der Waals surface area contributed by atoms with Gasteiger partial charge in [0.15, 0.2) is 0 Å². The molecule has 0 heterocycles. The maximum atomic E-state index is 12.1. The molecule has 1 aromatic rings. The van der Waals surface area contributed by atoms with Gasteiger partial charge in [-0.05, 0) is 37.2 Å². The van der Waals surface area contributed by atoms with Crippen LogP contribution in [0.4, 0.5) is 0 Å². The minimum atomic E-state index is -0.550. The Hall–Kier alpha value is -1.35. The SMILES string of the molecule is CC1CCC(NC(=O)[C@H](N)c2ccccc2)CC1. The maximum Gasteiger partial charge on any atom is 0.241 e. The summed E-state index contributed by atoms with van der Waals surface area (Å²) in [4.78, 5) is 12.1. The first kappa shape index (κ1) is 13.1. The Bertz CT molecular complexity index is 383. The van der Waals surface area contributed by atoms with Gasteiger partial charge in [-0.1, -0.05) is 37.3 Å². The van der Waals surface area contributed by atoms with Crippen molar-refractivity contribution in [2.24, 2.45) is 11.7 Å². The lowest BCUT2D eigenvalue weighted by atomic mass is 9.87. The summed E-state index contributed by atoms with van der Waals surface area (Å²) in [6.45, 7) is 2.27. The van der Waals surface area contributed by atoms with Gasteiger partial charge in [0.1, 0.15) is 6.04 Å². The van der Waals surface area contributed by atoms with Crippen LogP contribution in [0.3, 0.4) is 0 Å².